The molecular weight excluding hydrogens is 255 g/mol. The number of aliphatic hydroxyl groups excluding tert-OH is 1. The minimum absolute atomic E-state index is 0.0184. The molecule has 1 saturated carbocycles. The van der Waals surface area contributed by atoms with E-state index in [-0.39, 0.29) is 12.0 Å². The lowest BCUT2D eigenvalue weighted by atomic mass is 9.95. The summed E-state index contributed by atoms with van der Waals surface area (Å²) in [4.78, 5) is 11.4. The largest absolute Gasteiger partial charge is 0.457 e. The summed E-state index contributed by atoms with van der Waals surface area (Å²) in [6.07, 6.45) is 1.26. The lowest BCUT2D eigenvalue weighted by Crippen LogP contribution is -2.39. The maximum absolute atomic E-state index is 13.6. The Balaban J connectivity index is 2.46. The molecule has 0 aromatic heterocycles. The molecule has 0 aromatic carbocycles. The van der Waals surface area contributed by atoms with Gasteiger partial charge in [0, 0.05) is 0 Å². The highest BCUT2D eigenvalue weighted by atomic mass is 32.2. The van der Waals surface area contributed by atoms with Crippen LogP contribution in [0.4, 0.5) is 4.39 Å². The minimum atomic E-state index is -2.51. The summed E-state index contributed by atoms with van der Waals surface area (Å²) in [6, 6.07) is 0. The van der Waals surface area contributed by atoms with Crippen molar-refractivity contribution < 1.29 is 33.7 Å². The number of halogens is 1. The highest BCUT2D eigenvalue weighted by molar-refractivity contribution is 7.96. The van der Waals surface area contributed by atoms with Crippen molar-refractivity contribution in [3.63, 3.8) is 0 Å². The van der Waals surface area contributed by atoms with E-state index in [9.17, 15) is 14.3 Å². The van der Waals surface area contributed by atoms with Gasteiger partial charge in [0.05, 0.1) is 18.1 Å². The molecule has 1 fully saturated rings. The summed E-state index contributed by atoms with van der Waals surface area (Å²) >= 11 is -0.0184. The molecule has 0 radical (unpaired) electrons. The Kier molecular flexibility index (Phi) is 5.60. The second-order valence-electron chi connectivity index (χ2n) is 3.94. The van der Waals surface area contributed by atoms with Crippen molar-refractivity contribution >= 4 is 18.0 Å². The molecule has 3 atom stereocenters. The first-order valence-electron chi connectivity index (χ1n) is 5.21. The average Bonchev–Trinajstić information content (AvgIpc) is 2.29. The molecule has 0 amide bonds. The summed E-state index contributed by atoms with van der Waals surface area (Å²) in [5, 5.41) is 18.1. The van der Waals surface area contributed by atoms with E-state index in [4.69, 9.17) is 9.99 Å². The van der Waals surface area contributed by atoms with Gasteiger partial charge in [-0.25, -0.2) is 14.4 Å². The van der Waals surface area contributed by atoms with E-state index >= 15 is 0 Å². The van der Waals surface area contributed by atoms with Gasteiger partial charge in [0.2, 0.25) is 0 Å². The van der Waals surface area contributed by atoms with Crippen LogP contribution in [0.25, 0.3) is 0 Å². The second kappa shape index (κ2) is 6.50. The molecule has 0 heterocycles. The summed E-state index contributed by atoms with van der Waals surface area (Å²) in [5.41, 5.74) is 0. The Morgan fingerprint density at radius 3 is 2.71 bits per heavy atom. The molecule has 0 aromatic rings. The molecule has 3 unspecified atom stereocenters. The molecule has 8 heteroatoms. The highest BCUT2D eigenvalue weighted by Gasteiger charge is 2.40. The number of hydrogen-bond acceptors (Lipinski definition) is 7. The highest BCUT2D eigenvalue weighted by Crippen LogP contribution is 2.31. The number of carbonyl (C=O) groups is 1. The minimum Gasteiger partial charge on any atom is -0.457 e. The van der Waals surface area contributed by atoms with Crippen LogP contribution in [0, 0.1) is 0 Å². The van der Waals surface area contributed by atoms with Gasteiger partial charge in [0.25, 0.3) is 5.00 Å². The average molecular weight is 270 g/mol. The van der Waals surface area contributed by atoms with Gasteiger partial charge in [0.1, 0.15) is 6.10 Å². The predicted octanol–water partition coefficient (Wildman–Crippen LogP) is 1.59. The fraction of sp³-hybridized carbons (Fsp3) is 0.889. The van der Waals surface area contributed by atoms with Crippen LogP contribution in [0.2, 0.25) is 0 Å². The number of aliphatic hydroxyl groups is 1. The first-order chi connectivity index (χ1) is 7.97. The summed E-state index contributed by atoms with van der Waals surface area (Å²) in [6.45, 7) is 0.911. The molecule has 1 aliphatic rings. The van der Waals surface area contributed by atoms with Crippen LogP contribution in [-0.4, -0.2) is 33.5 Å². The normalized spacial score (nSPS) is 28.5. The Labute approximate surface area is 102 Å². The van der Waals surface area contributed by atoms with Gasteiger partial charge >= 0.3 is 5.97 Å². The van der Waals surface area contributed by atoms with Gasteiger partial charge in [-0.2, -0.15) is 0 Å². The van der Waals surface area contributed by atoms with Crippen molar-refractivity contribution in [3.8, 4) is 0 Å². The van der Waals surface area contributed by atoms with Crippen LogP contribution in [0.1, 0.15) is 32.6 Å². The smallest absolute Gasteiger partial charge is 0.357 e. The third kappa shape index (κ3) is 4.40. The molecule has 0 spiro atoms. The molecule has 100 valence electrons. The number of alkyl halides is 1. The first kappa shape index (κ1) is 14.7. The SMILES string of the molecule is CC(F)(SOOO)C(=O)OC1CCCCC1O. The lowest BCUT2D eigenvalue weighted by molar-refractivity contribution is -0.432. The van der Waals surface area contributed by atoms with Crippen molar-refractivity contribution in [1.82, 2.24) is 0 Å². The fourth-order valence-corrected chi connectivity index (χ4v) is 1.84. The van der Waals surface area contributed by atoms with Gasteiger partial charge in [-0.1, -0.05) is 11.5 Å². The third-order valence-corrected chi connectivity index (χ3v) is 3.12. The molecule has 17 heavy (non-hydrogen) atoms. The second-order valence-corrected chi connectivity index (χ2v) is 5.01. The van der Waals surface area contributed by atoms with Crippen LogP contribution < -0.4 is 0 Å². The molecule has 1 aliphatic carbocycles. The number of ether oxygens (including phenoxy) is 1. The van der Waals surface area contributed by atoms with E-state index in [2.05, 4.69) is 9.37 Å². The molecular formula is C9H15FO6S. The number of rotatable bonds is 5. The van der Waals surface area contributed by atoms with Crippen molar-refractivity contribution in [2.75, 3.05) is 0 Å². The van der Waals surface area contributed by atoms with Crippen molar-refractivity contribution in [3.05, 3.63) is 0 Å². The van der Waals surface area contributed by atoms with E-state index in [0.717, 1.165) is 19.8 Å². The van der Waals surface area contributed by atoms with Crippen molar-refractivity contribution in [1.29, 1.82) is 0 Å². The Morgan fingerprint density at radius 1 is 1.47 bits per heavy atom. The fourth-order valence-electron chi connectivity index (χ4n) is 1.57. The summed E-state index contributed by atoms with van der Waals surface area (Å²) in [7, 11) is 0. The van der Waals surface area contributed by atoms with E-state index in [1.54, 1.807) is 0 Å². The zero-order valence-corrected chi connectivity index (χ0v) is 10.1. The van der Waals surface area contributed by atoms with Gasteiger partial charge in [-0.15, -0.1) is 4.33 Å². The van der Waals surface area contributed by atoms with Crippen LogP contribution in [0.5, 0.6) is 0 Å². The number of esters is 1. The number of hydrogen-bond donors (Lipinski definition) is 2. The quantitative estimate of drug-likeness (QED) is 0.339. The number of carbonyl (C=O) groups excluding carboxylic acids is 1. The van der Waals surface area contributed by atoms with Crippen LogP contribution in [0.3, 0.4) is 0 Å². The van der Waals surface area contributed by atoms with Crippen molar-refractivity contribution in [2.45, 2.75) is 49.8 Å². The molecule has 6 nitrogen and oxygen atoms in total. The van der Waals surface area contributed by atoms with Crippen LogP contribution >= 0.6 is 12.0 Å². The topological polar surface area (TPSA) is 85.2 Å². The van der Waals surface area contributed by atoms with Crippen LogP contribution in [0.15, 0.2) is 0 Å². The van der Waals surface area contributed by atoms with E-state index < -0.39 is 23.2 Å². The Morgan fingerprint density at radius 2 is 2.12 bits per heavy atom. The molecule has 2 N–H and O–H groups in total. The molecule has 0 aliphatic heterocycles. The van der Waals surface area contributed by atoms with Gasteiger partial charge in [0.15, 0.2) is 0 Å². The van der Waals surface area contributed by atoms with Crippen LogP contribution in [-0.2, 0) is 18.9 Å². The van der Waals surface area contributed by atoms with Gasteiger partial charge in [-0.05, 0) is 26.2 Å². The first-order valence-corrected chi connectivity index (χ1v) is 5.95. The summed E-state index contributed by atoms with van der Waals surface area (Å²) < 4.78 is 22.4. The third-order valence-electron chi connectivity index (χ3n) is 2.51. The van der Waals surface area contributed by atoms with Gasteiger partial charge in [-0.3, -0.25) is 0 Å². The predicted molar refractivity (Wildman–Crippen MR) is 56.3 cm³/mol. The lowest BCUT2D eigenvalue weighted by Gasteiger charge is -2.29. The summed E-state index contributed by atoms with van der Waals surface area (Å²) in [5.74, 6) is -1.18. The molecule has 1 rings (SSSR count). The Bertz CT molecular complexity index is 262. The monoisotopic (exact) mass is 270 g/mol. The maximum Gasteiger partial charge on any atom is 0.357 e. The van der Waals surface area contributed by atoms with E-state index in [0.29, 0.717) is 12.8 Å². The van der Waals surface area contributed by atoms with E-state index in [1.165, 1.54) is 0 Å². The van der Waals surface area contributed by atoms with E-state index in [1.807, 2.05) is 0 Å². The zero-order chi connectivity index (χ0) is 12.9. The standard InChI is InChI=1S/C9H15FO6S/c1-9(10,17-16-15-13)8(12)14-7-5-3-2-4-6(7)11/h6-7,11,13H,2-5H2,1H3. The van der Waals surface area contributed by atoms with Crippen molar-refractivity contribution in [2.24, 2.45) is 0 Å². The maximum atomic E-state index is 13.6. The molecule has 0 saturated heterocycles. The molecule has 0 bridgehead atoms. The van der Waals surface area contributed by atoms with Gasteiger partial charge < -0.3 is 9.84 Å². The zero-order valence-electron chi connectivity index (χ0n) is 9.30. The Hall–Kier alpha value is -0.410.